The second kappa shape index (κ2) is 6.71. The minimum absolute atomic E-state index is 0.0570. The van der Waals surface area contributed by atoms with Crippen molar-refractivity contribution in [1.82, 2.24) is 4.57 Å². The van der Waals surface area contributed by atoms with E-state index in [1.165, 1.54) is 12.1 Å². The molecule has 0 aliphatic carbocycles. The van der Waals surface area contributed by atoms with Gasteiger partial charge in [-0.25, -0.2) is 4.39 Å². The van der Waals surface area contributed by atoms with Crippen LogP contribution in [0.4, 0.5) is 4.39 Å². The molecule has 0 saturated carbocycles. The summed E-state index contributed by atoms with van der Waals surface area (Å²) >= 11 is 0. The van der Waals surface area contributed by atoms with E-state index in [1.807, 2.05) is 47.9 Å². The highest BCUT2D eigenvalue weighted by Crippen LogP contribution is 2.28. The van der Waals surface area contributed by atoms with E-state index in [4.69, 9.17) is 0 Å². The first kappa shape index (κ1) is 16.0. The highest BCUT2D eigenvalue weighted by atomic mass is 19.1. The van der Waals surface area contributed by atoms with Crippen LogP contribution < -0.4 is 5.11 Å². The van der Waals surface area contributed by atoms with Crippen molar-refractivity contribution in [2.24, 2.45) is 0 Å². The first-order valence-corrected chi connectivity index (χ1v) is 7.78. The molecule has 2 aromatic carbocycles. The molecule has 0 fully saturated rings. The number of rotatable bonds is 5. The number of benzene rings is 2. The summed E-state index contributed by atoms with van der Waals surface area (Å²) in [5.41, 5.74) is 4.77. The van der Waals surface area contributed by atoms with Crippen molar-refractivity contribution in [2.45, 2.75) is 19.8 Å². The van der Waals surface area contributed by atoms with E-state index in [-0.39, 0.29) is 12.2 Å². The third kappa shape index (κ3) is 3.38. The van der Waals surface area contributed by atoms with Crippen LogP contribution in [-0.4, -0.2) is 10.5 Å². The SMILES string of the molecule is Cc1ccc(-c2ccc(CCC(=O)[O-])n2-c2ccc(F)cc2)cc1. The van der Waals surface area contributed by atoms with E-state index >= 15 is 0 Å². The van der Waals surface area contributed by atoms with Gasteiger partial charge in [-0.15, -0.1) is 0 Å². The molecule has 0 radical (unpaired) electrons. The molecule has 0 N–H and O–H groups in total. The summed E-state index contributed by atoms with van der Waals surface area (Å²) in [4.78, 5) is 10.8. The zero-order chi connectivity index (χ0) is 17.1. The fourth-order valence-electron chi connectivity index (χ4n) is 2.75. The third-order valence-electron chi connectivity index (χ3n) is 3.98. The Morgan fingerprint density at radius 3 is 2.29 bits per heavy atom. The molecule has 0 bridgehead atoms. The normalized spacial score (nSPS) is 10.8. The average molecular weight is 322 g/mol. The number of hydrogen-bond donors (Lipinski definition) is 0. The number of carboxylic acids is 1. The van der Waals surface area contributed by atoms with Gasteiger partial charge in [-0.3, -0.25) is 0 Å². The van der Waals surface area contributed by atoms with Gasteiger partial charge in [0.1, 0.15) is 5.82 Å². The van der Waals surface area contributed by atoms with Gasteiger partial charge < -0.3 is 14.5 Å². The molecule has 0 amide bonds. The van der Waals surface area contributed by atoms with Crippen LogP contribution in [-0.2, 0) is 11.2 Å². The number of hydrogen-bond acceptors (Lipinski definition) is 2. The van der Waals surface area contributed by atoms with Crippen LogP contribution in [0.1, 0.15) is 17.7 Å². The molecule has 0 atom stereocenters. The summed E-state index contributed by atoms with van der Waals surface area (Å²) in [7, 11) is 0. The quantitative estimate of drug-likeness (QED) is 0.723. The van der Waals surface area contributed by atoms with Gasteiger partial charge in [0.15, 0.2) is 0 Å². The minimum Gasteiger partial charge on any atom is -0.550 e. The highest BCUT2D eigenvalue weighted by molar-refractivity contribution is 5.66. The lowest BCUT2D eigenvalue weighted by Crippen LogP contribution is -2.22. The largest absolute Gasteiger partial charge is 0.550 e. The monoisotopic (exact) mass is 322 g/mol. The number of carbonyl (C=O) groups excluding carboxylic acids is 1. The average Bonchev–Trinajstić information content (AvgIpc) is 2.98. The molecule has 0 aliphatic rings. The maximum absolute atomic E-state index is 13.3. The van der Waals surface area contributed by atoms with E-state index in [9.17, 15) is 14.3 Å². The molecular formula is C20H17FNO2-. The third-order valence-corrected chi connectivity index (χ3v) is 3.98. The lowest BCUT2D eigenvalue weighted by Gasteiger charge is -2.14. The van der Waals surface area contributed by atoms with Crippen molar-refractivity contribution in [2.75, 3.05) is 0 Å². The van der Waals surface area contributed by atoms with Crippen LogP contribution >= 0.6 is 0 Å². The topological polar surface area (TPSA) is 45.1 Å². The van der Waals surface area contributed by atoms with E-state index in [0.29, 0.717) is 6.42 Å². The zero-order valence-electron chi connectivity index (χ0n) is 13.3. The van der Waals surface area contributed by atoms with Crippen molar-refractivity contribution < 1.29 is 14.3 Å². The Morgan fingerprint density at radius 1 is 1.00 bits per heavy atom. The Hall–Kier alpha value is -2.88. The van der Waals surface area contributed by atoms with E-state index in [1.54, 1.807) is 12.1 Å². The Balaban J connectivity index is 2.09. The standard InChI is InChI=1S/C20H18FNO2/c1-14-2-4-15(5-3-14)19-12-10-18(11-13-20(23)24)22(19)17-8-6-16(21)7-9-17/h2-10,12H,11,13H2,1H3,(H,23,24)/p-1. The number of nitrogens with zero attached hydrogens (tertiary/aromatic N) is 1. The molecule has 0 aliphatic heterocycles. The van der Waals surface area contributed by atoms with Crippen LogP contribution in [0, 0.1) is 12.7 Å². The number of aryl methyl sites for hydroxylation is 2. The van der Waals surface area contributed by atoms with E-state index < -0.39 is 5.97 Å². The number of carboxylic acid groups (broad SMARTS) is 1. The minimum atomic E-state index is -1.08. The van der Waals surface area contributed by atoms with Crippen molar-refractivity contribution in [3.63, 3.8) is 0 Å². The van der Waals surface area contributed by atoms with Gasteiger partial charge in [0, 0.05) is 17.4 Å². The molecule has 1 aromatic heterocycles. The lowest BCUT2D eigenvalue weighted by molar-refractivity contribution is -0.305. The smallest absolute Gasteiger partial charge is 0.123 e. The Kier molecular flexibility index (Phi) is 4.47. The maximum Gasteiger partial charge on any atom is 0.123 e. The molecule has 0 spiro atoms. The van der Waals surface area contributed by atoms with E-state index in [0.717, 1.165) is 28.2 Å². The number of halogens is 1. The number of aliphatic carboxylic acids is 1. The van der Waals surface area contributed by atoms with Gasteiger partial charge >= 0.3 is 0 Å². The van der Waals surface area contributed by atoms with Crippen LogP contribution in [0.25, 0.3) is 16.9 Å². The highest BCUT2D eigenvalue weighted by Gasteiger charge is 2.12. The van der Waals surface area contributed by atoms with Gasteiger partial charge in [-0.05, 0) is 61.7 Å². The summed E-state index contributed by atoms with van der Waals surface area (Å²) < 4.78 is 15.2. The predicted molar refractivity (Wildman–Crippen MR) is 89.2 cm³/mol. The number of aromatic nitrogens is 1. The molecule has 4 heteroatoms. The predicted octanol–water partition coefficient (Wildman–Crippen LogP) is 3.27. The molecular weight excluding hydrogens is 305 g/mol. The molecule has 122 valence electrons. The number of carbonyl (C=O) groups is 1. The van der Waals surface area contributed by atoms with Gasteiger partial charge in [-0.2, -0.15) is 0 Å². The molecule has 1 heterocycles. The van der Waals surface area contributed by atoms with Crippen molar-refractivity contribution in [3.05, 3.63) is 77.7 Å². The second-order valence-corrected chi connectivity index (χ2v) is 5.76. The second-order valence-electron chi connectivity index (χ2n) is 5.76. The van der Waals surface area contributed by atoms with Crippen molar-refractivity contribution in [1.29, 1.82) is 0 Å². The maximum atomic E-state index is 13.3. The van der Waals surface area contributed by atoms with Crippen LogP contribution in [0.2, 0.25) is 0 Å². The molecule has 3 aromatic rings. The van der Waals surface area contributed by atoms with Gasteiger partial charge in [0.2, 0.25) is 0 Å². The van der Waals surface area contributed by atoms with Crippen molar-refractivity contribution in [3.8, 4) is 16.9 Å². The van der Waals surface area contributed by atoms with Crippen LogP contribution in [0.3, 0.4) is 0 Å². The zero-order valence-corrected chi connectivity index (χ0v) is 13.3. The summed E-state index contributed by atoms with van der Waals surface area (Å²) in [6, 6.07) is 18.1. The lowest BCUT2D eigenvalue weighted by atomic mass is 10.1. The van der Waals surface area contributed by atoms with E-state index in [2.05, 4.69) is 0 Å². The first-order chi connectivity index (χ1) is 11.5. The fourth-order valence-corrected chi connectivity index (χ4v) is 2.75. The van der Waals surface area contributed by atoms with Gasteiger partial charge in [0.25, 0.3) is 0 Å². The molecule has 0 unspecified atom stereocenters. The molecule has 24 heavy (non-hydrogen) atoms. The molecule has 3 nitrogen and oxygen atoms in total. The Labute approximate surface area is 140 Å². The van der Waals surface area contributed by atoms with Crippen LogP contribution in [0.15, 0.2) is 60.7 Å². The molecule has 3 rings (SSSR count). The first-order valence-electron chi connectivity index (χ1n) is 7.78. The van der Waals surface area contributed by atoms with Crippen molar-refractivity contribution >= 4 is 5.97 Å². The van der Waals surface area contributed by atoms with Gasteiger partial charge in [-0.1, -0.05) is 29.8 Å². The van der Waals surface area contributed by atoms with Gasteiger partial charge in [0.05, 0.1) is 5.69 Å². The summed E-state index contributed by atoms with van der Waals surface area (Å²) in [5.74, 6) is -1.39. The van der Waals surface area contributed by atoms with Crippen LogP contribution in [0.5, 0.6) is 0 Å². The summed E-state index contributed by atoms with van der Waals surface area (Å²) in [6.07, 6.45) is 0.296. The Morgan fingerprint density at radius 2 is 1.67 bits per heavy atom. The summed E-state index contributed by atoms with van der Waals surface area (Å²) in [5, 5.41) is 10.8. The summed E-state index contributed by atoms with van der Waals surface area (Å²) in [6.45, 7) is 2.02. The fraction of sp³-hybridized carbons (Fsp3) is 0.150. The Bertz CT molecular complexity index is 848. The molecule has 0 saturated heterocycles.